The average Bonchev–Trinajstić information content (AvgIpc) is 3.24. The molecule has 0 bridgehead atoms. The number of nitrogens with zero attached hydrogens (tertiary/aromatic N) is 1. The smallest absolute Gasteiger partial charge is 0.168 e. The van der Waals surface area contributed by atoms with Gasteiger partial charge in [-0.1, -0.05) is 18.2 Å². The van der Waals surface area contributed by atoms with Crippen LogP contribution in [0.25, 0.3) is 10.9 Å². The highest BCUT2D eigenvalue weighted by atomic mass is 127. The number of likely N-dealkylation sites (N-methyl/N-ethyl adjacent to an activating group) is 1. The Morgan fingerprint density at radius 1 is 1.26 bits per heavy atom. The first kappa shape index (κ1) is 19.4. The molecule has 1 atom stereocenters. The van der Waals surface area contributed by atoms with E-state index in [-0.39, 0.29) is 5.78 Å². The van der Waals surface area contributed by atoms with Crippen molar-refractivity contribution in [3.8, 4) is 0 Å². The summed E-state index contributed by atoms with van der Waals surface area (Å²) in [5.41, 5.74) is 4.43. The van der Waals surface area contributed by atoms with Gasteiger partial charge in [0.25, 0.3) is 0 Å². The molecule has 0 aliphatic carbocycles. The van der Waals surface area contributed by atoms with E-state index in [4.69, 9.17) is 0 Å². The van der Waals surface area contributed by atoms with Crippen molar-refractivity contribution in [2.45, 2.75) is 31.7 Å². The third-order valence-corrected chi connectivity index (χ3v) is 8.67. The van der Waals surface area contributed by atoms with Crippen molar-refractivity contribution >= 4 is 61.9 Å². The first-order valence-electron chi connectivity index (χ1n) is 9.29. The molecule has 1 unspecified atom stereocenters. The second kappa shape index (κ2) is 8.21. The van der Waals surface area contributed by atoms with E-state index in [9.17, 15) is 4.79 Å². The highest BCUT2D eigenvalue weighted by molar-refractivity contribution is 14.1. The third-order valence-electron chi connectivity index (χ3n) is 5.58. The molecule has 1 saturated heterocycles. The fourth-order valence-electron chi connectivity index (χ4n) is 4.00. The number of aromatic amines is 1. The number of rotatable bonds is 5. The molecule has 1 N–H and O–H groups in total. The Morgan fingerprint density at radius 2 is 2.11 bits per heavy atom. The summed E-state index contributed by atoms with van der Waals surface area (Å²) in [7, 11) is 2.22. The lowest BCUT2D eigenvalue weighted by atomic mass is 9.99. The van der Waals surface area contributed by atoms with Gasteiger partial charge < -0.3 is 9.88 Å². The number of aromatic nitrogens is 1. The maximum Gasteiger partial charge on any atom is 0.168 e. The number of benzene rings is 2. The van der Waals surface area contributed by atoms with Gasteiger partial charge in [0.05, 0.1) is 0 Å². The number of nitrogens with one attached hydrogen (secondary N) is 1. The summed E-state index contributed by atoms with van der Waals surface area (Å²) in [4.78, 5) is 18.7. The number of hydrogen-bond acceptors (Lipinski definition) is 2. The van der Waals surface area contributed by atoms with Crippen molar-refractivity contribution in [1.29, 1.82) is 0 Å². The molecular weight excluding hydrogens is 562 g/mol. The molecule has 3 aromatic rings. The number of halogens is 2. The van der Waals surface area contributed by atoms with Crippen molar-refractivity contribution in [3.05, 3.63) is 66.4 Å². The molecule has 2 aromatic carbocycles. The molecule has 27 heavy (non-hydrogen) atoms. The zero-order chi connectivity index (χ0) is 19.0. The Labute approximate surface area is 187 Å². The van der Waals surface area contributed by atoms with Crippen LogP contribution in [0.3, 0.4) is 0 Å². The second-order valence-electron chi connectivity index (χ2n) is 7.38. The number of carbonyl (C=O) groups is 1. The van der Waals surface area contributed by atoms with Gasteiger partial charge >= 0.3 is 0 Å². The maximum atomic E-state index is 12.8. The number of ketones is 1. The standard InChI is InChI=1S/C22H22I2N2O/c1-26-9-3-4-16(26)12-15-13-25-20-8-7-14(10-18(15)20)11-21(27)17-5-2-6-19(23)22(17)24/h2,5-8,10,13,16,25H,3-4,9,11-12H2,1H3. The fraction of sp³-hybridized carbons (Fsp3) is 0.318. The van der Waals surface area contributed by atoms with Gasteiger partial charge in [-0.25, -0.2) is 0 Å². The van der Waals surface area contributed by atoms with E-state index in [0.717, 1.165) is 30.2 Å². The SMILES string of the molecule is CN1CCCC1Cc1c[nH]c2ccc(CC(=O)c3cccc(I)c3I)cc12. The third kappa shape index (κ3) is 4.10. The molecule has 5 heteroatoms. The lowest BCUT2D eigenvalue weighted by Crippen LogP contribution is -2.26. The minimum atomic E-state index is 0.185. The Kier molecular flexibility index (Phi) is 5.89. The van der Waals surface area contributed by atoms with Gasteiger partial charge in [-0.2, -0.15) is 0 Å². The molecule has 0 saturated carbocycles. The Balaban J connectivity index is 1.58. The predicted molar refractivity (Wildman–Crippen MR) is 128 cm³/mol. The average molecular weight is 584 g/mol. The van der Waals surface area contributed by atoms with E-state index in [1.807, 2.05) is 18.2 Å². The highest BCUT2D eigenvalue weighted by Crippen LogP contribution is 2.26. The number of H-pyrrole nitrogens is 1. The lowest BCUT2D eigenvalue weighted by molar-refractivity contribution is 0.0992. The van der Waals surface area contributed by atoms with Crippen LogP contribution in [0.4, 0.5) is 0 Å². The largest absolute Gasteiger partial charge is 0.361 e. The summed E-state index contributed by atoms with van der Waals surface area (Å²) in [6.07, 6.45) is 6.22. The number of fused-ring (bicyclic) bond motifs is 1. The van der Waals surface area contributed by atoms with E-state index < -0.39 is 0 Å². The van der Waals surface area contributed by atoms with Crippen LogP contribution < -0.4 is 0 Å². The van der Waals surface area contributed by atoms with Crippen LogP contribution in [0.2, 0.25) is 0 Å². The summed E-state index contributed by atoms with van der Waals surface area (Å²) >= 11 is 4.56. The molecule has 1 fully saturated rings. The van der Waals surface area contributed by atoms with Gasteiger partial charge in [0.1, 0.15) is 0 Å². The Morgan fingerprint density at radius 3 is 2.89 bits per heavy atom. The van der Waals surface area contributed by atoms with Crippen LogP contribution in [-0.2, 0) is 12.8 Å². The van der Waals surface area contributed by atoms with Crippen LogP contribution in [0.1, 0.15) is 34.3 Å². The predicted octanol–water partition coefficient (Wildman–Crippen LogP) is 5.44. The van der Waals surface area contributed by atoms with Crippen LogP contribution in [0.5, 0.6) is 0 Å². The summed E-state index contributed by atoms with van der Waals surface area (Å²) < 4.78 is 2.18. The van der Waals surface area contributed by atoms with Gasteiger partial charge in [-0.05, 0) is 107 Å². The maximum absolute atomic E-state index is 12.8. The molecular formula is C22H22I2N2O. The minimum Gasteiger partial charge on any atom is -0.361 e. The van der Waals surface area contributed by atoms with Gasteiger partial charge in [-0.3, -0.25) is 4.79 Å². The highest BCUT2D eigenvalue weighted by Gasteiger charge is 2.22. The van der Waals surface area contributed by atoms with E-state index in [1.165, 1.54) is 30.3 Å². The number of likely N-dealkylation sites (tertiary alicyclic amines) is 1. The van der Waals surface area contributed by atoms with Crippen LogP contribution in [0, 0.1) is 7.14 Å². The van der Waals surface area contributed by atoms with E-state index >= 15 is 0 Å². The first-order chi connectivity index (χ1) is 13.0. The van der Waals surface area contributed by atoms with Gasteiger partial charge in [0, 0.05) is 42.3 Å². The number of hydrogen-bond donors (Lipinski definition) is 1. The fourth-order valence-corrected chi connectivity index (χ4v) is 5.15. The zero-order valence-electron chi connectivity index (χ0n) is 15.3. The molecule has 1 aliphatic rings. The molecule has 2 heterocycles. The quantitative estimate of drug-likeness (QED) is 0.321. The van der Waals surface area contributed by atoms with Gasteiger partial charge in [0.2, 0.25) is 0 Å². The topological polar surface area (TPSA) is 36.1 Å². The van der Waals surface area contributed by atoms with Crippen molar-refractivity contribution in [3.63, 3.8) is 0 Å². The lowest BCUT2D eigenvalue weighted by Gasteiger charge is -2.18. The van der Waals surface area contributed by atoms with E-state index in [1.54, 1.807) is 0 Å². The monoisotopic (exact) mass is 584 g/mol. The van der Waals surface area contributed by atoms with Crippen LogP contribution in [0.15, 0.2) is 42.6 Å². The summed E-state index contributed by atoms with van der Waals surface area (Å²) in [5.74, 6) is 0.185. The molecule has 1 aliphatic heterocycles. The normalized spacial score (nSPS) is 17.7. The van der Waals surface area contributed by atoms with Crippen LogP contribution >= 0.6 is 45.2 Å². The summed E-state index contributed by atoms with van der Waals surface area (Å²) in [5, 5.41) is 1.26. The summed E-state index contributed by atoms with van der Waals surface area (Å²) in [6, 6.07) is 12.9. The Hall–Kier alpha value is -0.930. The van der Waals surface area contributed by atoms with Crippen LogP contribution in [-0.4, -0.2) is 35.3 Å². The molecule has 1 aromatic heterocycles. The van der Waals surface area contributed by atoms with Crippen molar-refractivity contribution < 1.29 is 4.79 Å². The molecule has 3 nitrogen and oxygen atoms in total. The zero-order valence-corrected chi connectivity index (χ0v) is 19.6. The molecule has 140 valence electrons. The van der Waals surface area contributed by atoms with Crippen molar-refractivity contribution in [2.24, 2.45) is 0 Å². The van der Waals surface area contributed by atoms with Gasteiger partial charge in [0.15, 0.2) is 5.78 Å². The molecule has 0 radical (unpaired) electrons. The van der Waals surface area contributed by atoms with Gasteiger partial charge in [-0.15, -0.1) is 0 Å². The summed E-state index contributed by atoms with van der Waals surface area (Å²) in [6.45, 7) is 1.20. The molecule has 0 spiro atoms. The molecule has 4 rings (SSSR count). The van der Waals surface area contributed by atoms with E-state index in [2.05, 4.69) is 86.5 Å². The van der Waals surface area contributed by atoms with Crippen molar-refractivity contribution in [2.75, 3.05) is 13.6 Å². The Bertz CT molecular complexity index is 995. The second-order valence-corrected chi connectivity index (χ2v) is 9.62. The van der Waals surface area contributed by atoms with Crippen molar-refractivity contribution in [1.82, 2.24) is 9.88 Å². The number of carbonyl (C=O) groups excluding carboxylic acids is 1. The van der Waals surface area contributed by atoms with E-state index in [0.29, 0.717) is 12.5 Å². The number of Topliss-reactive ketones (excluding diaryl/α,β-unsaturated/α-hetero) is 1. The minimum absolute atomic E-state index is 0.185. The first-order valence-corrected chi connectivity index (χ1v) is 11.4. The molecule has 0 amide bonds.